The SMILES string of the molecule is CN(C(=O)c1cccc(S(=O)(=O)NCC2CC2)c1)C1CC2CCC(C1)N2.Cl. The van der Waals surface area contributed by atoms with Crippen LogP contribution >= 0.6 is 12.4 Å². The van der Waals surface area contributed by atoms with Crippen molar-refractivity contribution in [3.05, 3.63) is 29.8 Å². The molecule has 2 N–H and O–H groups in total. The molecule has 1 amide bonds. The summed E-state index contributed by atoms with van der Waals surface area (Å²) < 4.78 is 27.6. The minimum atomic E-state index is -3.56. The van der Waals surface area contributed by atoms with Crippen LogP contribution in [0.3, 0.4) is 0 Å². The van der Waals surface area contributed by atoms with E-state index in [9.17, 15) is 13.2 Å². The van der Waals surface area contributed by atoms with E-state index in [2.05, 4.69) is 10.0 Å². The summed E-state index contributed by atoms with van der Waals surface area (Å²) in [5.41, 5.74) is 0.438. The van der Waals surface area contributed by atoms with Gasteiger partial charge in [-0.1, -0.05) is 6.07 Å². The zero-order valence-electron chi connectivity index (χ0n) is 15.6. The van der Waals surface area contributed by atoms with Crippen molar-refractivity contribution in [2.45, 2.75) is 61.5 Å². The van der Waals surface area contributed by atoms with Crippen LogP contribution in [-0.4, -0.2) is 50.9 Å². The standard InChI is InChI=1S/C19H27N3O3S.ClH/c1-22(17-10-15-7-8-16(11-17)21-15)19(23)14-3-2-4-18(9-14)26(24,25)20-12-13-5-6-13;/h2-4,9,13,15-17,20-21H,5-8,10-12H2,1H3;1H. The monoisotopic (exact) mass is 413 g/mol. The van der Waals surface area contributed by atoms with Crippen molar-refractivity contribution in [3.8, 4) is 0 Å². The predicted octanol–water partition coefficient (Wildman–Crippen LogP) is 2.15. The highest BCUT2D eigenvalue weighted by Gasteiger charge is 2.36. The fourth-order valence-corrected chi connectivity index (χ4v) is 5.30. The molecule has 3 aliphatic rings. The minimum Gasteiger partial charge on any atom is -0.339 e. The molecule has 150 valence electrons. The summed E-state index contributed by atoms with van der Waals surface area (Å²) in [4.78, 5) is 14.9. The number of nitrogens with zero attached hydrogens (tertiary/aromatic N) is 1. The molecule has 3 fully saturated rings. The second-order valence-corrected chi connectivity index (χ2v) is 9.77. The number of sulfonamides is 1. The Hall–Kier alpha value is -1.15. The Bertz CT molecular complexity index is 785. The number of piperidine rings is 1. The molecular weight excluding hydrogens is 386 g/mol. The van der Waals surface area contributed by atoms with Gasteiger partial charge in [-0.05, 0) is 62.6 Å². The van der Waals surface area contributed by atoms with Crippen molar-refractivity contribution in [1.82, 2.24) is 14.9 Å². The van der Waals surface area contributed by atoms with Crippen LogP contribution in [0.2, 0.25) is 0 Å². The van der Waals surface area contributed by atoms with Gasteiger partial charge in [-0.2, -0.15) is 0 Å². The minimum absolute atomic E-state index is 0. The van der Waals surface area contributed by atoms with E-state index < -0.39 is 10.0 Å². The molecule has 6 nitrogen and oxygen atoms in total. The molecule has 2 atom stereocenters. The van der Waals surface area contributed by atoms with E-state index in [0.29, 0.717) is 30.1 Å². The van der Waals surface area contributed by atoms with Gasteiger partial charge < -0.3 is 10.2 Å². The van der Waals surface area contributed by atoms with Gasteiger partial charge in [0.1, 0.15) is 0 Å². The molecule has 0 radical (unpaired) electrons. The van der Waals surface area contributed by atoms with Crippen molar-refractivity contribution in [1.29, 1.82) is 0 Å². The molecule has 1 aliphatic carbocycles. The van der Waals surface area contributed by atoms with Crippen molar-refractivity contribution >= 4 is 28.3 Å². The molecule has 1 aromatic rings. The maximum atomic E-state index is 12.9. The summed E-state index contributed by atoms with van der Waals surface area (Å²) in [7, 11) is -1.72. The first kappa shape index (κ1) is 20.6. The molecular formula is C19H28ClN3O3S. The summed E-state index contributed by atoms with van der Waals surface area (Å²) in [5.74, 6) is 0.367. The zero-order chi connectivity index (χ0) is 18.3. The van der Waals surface area contributed by atoms with E-state index in [4.69, 9.17) is 0 Å². The Morgan fingerprint density at radius 1 is 1.19 bits per heavy atom. The van der Waals surface area contributed by atoms with Gasteiger partial charge in [-0.15, -0.1) is 12.4 Å². The number of amides is 1. The summed E-state index contributed by atoms with van der Waals surface area (Å²) in [5, 5.41) is 3.59. The van der Waals surface area contributed by atoms with Crippen LogP contribution in [0.4, 0.5) is 0 Å². The van der Waals surface area contributed by atoms with E-state index in [1.54, 1.807) is 23.1 Å². The third-order valence-electron chi connectivity index (χ3n) is 5.97. The van der Waals surface area contributed by atoms with Crippen molar-refractivity contribution in [3.63, 3.8) is 0 Å². The Morgan fingerprint density at radius 2 is 1.85 bits per heavy atom. The highest BCUT2D eigenvalue weighted by molar-refractivity contribution is 7.89. The first-order chi connectivity index (χ1) is 12.4. The number of hydrogen-bond acceptors (Lipinski definition) is 4. The number of carbonyl (C=O) groups is 1. The maximum Gasteiger partial charge on any atom is 0.253 e. The molecule has 8 heteroatoms. The predicted molar refractivity (Wildman–Crippen MR) is 107 cm³/mol. The Balaban J connectivity index is 0.00000210. The summed E-state index contributed by atoms with van der Waals surface area (Å²) >= 11 is 0. The van der Waals surface area contributed by atoms with Gasteiger partial charge in [0.05, 0.1) is 4.90 Å². The largest absolute Gasteiger partial charge is 0.339 e. The number of benzene rings is 1. The maximum absolute atomic E-state index is 12.9. The summed E-state index contributed by atoms with van der Waals surface area (Å²) in [6.07, 6.45) is 6.49. The highest BCUT2D eigenvalue weighted by atomic mass is 35.5. The van der Waals surface area contributed by atoms with Gasteiger partial charge in [0, 0.05) is 37.3 Å². The fraction of sp³-hybridized carbons (Fsp3) is 0.632. The third kappa shape index (κ3) is 4.65. The van der Waals surface area contributed by atoms with Crippen molar-refractivity contribution in [2.75, 3.05) is 13.6 Å². The van der Waals surface area contributed by atoms with Crippen molar-refractivity contribution in [2.24, 2.45) is 5.92 Å². The van der Waals surface area contributed by atoms with Crippen LogP contribution in [0, 0.1) is 5.92 Å². The van der Waals surface area contributed by atoms with E-state index in [-0.39, 0.29) is 29.3 Å². The van der Waals surface area contributed by atoms with Crippen LogP contribution in [0.5, 0.6) is 0 Å². The summed E-state index contributed by atoms with van der Waals surface area (Å²) in [6.45, 7) is 0.484. The molecule has 2 aliphatic heterocycles. The Morgan fingerprint density at radius 3 is 2.48 bits per heavy atom. The molecule has 1 saturated carbocycles. The Labute approximate surface area is 167 Å². The number of carbonyl (C=O) groups excluding carboxylic acids is 1. The average molecular weight is 414 g/mol. The molecule has 4 rings (SSSR count). The quantitative estimate of drug-likeness (QED) is 0.749. The van der Waals surface area contributed by atoms with Gasteiger partial charge in [-0.3, -0.25) is 4.79 Å². The van der Waals surface area contributed by atoms with Gasteiger partial charge in [0.15, 0.2) is 0 Å². The van der Waals surface area contributed by atoms with Crippen LogP contribution < -0.4 is 10.0 Å². The zero-order valence-corrected chi connectivity index (χ0v) is 17.2. The van der Waals surface area contributed by atoms with Crippen LogP contribution in [0.25, 0.3) is 0 Å². The first-order valence-corrected chi connectivity index (χ1v) is 11.0. The lowest BCUT2D eigenvalue weighted by molar-refractivity contribution is 0.0681. The lowest BCUT2D eigenvalue weighted by Crippen LogP contribution is -2.48. The van der Waals surface area contributed by atoms with E-state index in [1.165, 1.54) is 18.9 Å². The normalized spacial score (nSPS) is 27.1. The highest BCUT2D eigenvalue weighted by Crippen LogP contribution is 2.30. The number of rotatable bonds is 6. The molecule has 2 bridgehead atoms. The summed E-state index contributed by atoms with van der Waals surface area (Å²) in [6, 6.07) is 7.64. The number of hydrogen-bond donors (Lipinski definition) is 2. The van der Waals surface area contributed by atoms with E-state index in [0.717, 1.165) is 25.7 Å². The van der Waals surface area contributed by atoms with Crippen molar-refractivity contribution < 1.29 is 13.2 Å². The van der Waals surface area contributed by atoms with Gasteiger partial charge >= 0.3 is 0 Å². The molecule has 2 heterocycles. The van der Waals surface area contributed by atoms with Crippen LogP contribution in [0.1, 0.15) is 48.9 Å². The lowest BCUT2D eigenvalue weighted by atomic mass is 9.98. The van der Waals surface area contributed by atoms with Gasteiger partial charge in [-0.25, -0.2) is 13.1 Å². The second kappa shape index (κ2) is 8.07. The molecule has 0 spiro atoms. The van der Waals surface area contributed by atoms with Crippen LogP contribution in [-0.2, 0) is 10.0 Å². The average Bonchev–Trinajstić information content (AvgIpc) is 3.42. The number of halogens is 1. The van der Waals surface area contributed by atoms with E-state index >= 15 is 0 Å². The molecule has 2 unspecified atom stereocenters. The molecule has 0 aromatic heterocycles. The first-order valence-electron chi connectivity index (χ1n) is 9.55. The van der Waals surface area contributed by atoms with E-state index in [1.807, 2.05) is 7.05 Å². The fourth-order valence-electron chi connectivity index (χ4n) is 4.14. The smallest absolute Gasteiger partial charge is 0.253 e. The van der Waals surface area contributed by atoms with Crippen LogP contribution in [0.15, 0.2) is 29.2 Å². The van der Waals surface area contributed by atoms with Gasteiger partial charge in [0.25, 0.3) is 5.91 Å². The molecule has 1 aromatic carbocycles. The lowest BCUT2D eigenvalue weighted by Gasteiger charge is -2.35. The molecule has 27 heavy (non-hydrogen) atoms. The number of fused-ring (bicyclic) bond motifs is 2. The second-order valence-electron chi connectivity index (χ2n) is 8.00. The molecule has 2 saturated heterocycles. The topological polar surface area (TPSA) is 78.5 Å². The van der Waals surface area contributed by atoms with Gasteiger partial charge in [0.2, 0.25) is 10.0 Å². The Kier molecular flexibility index (Phi) is 6.15. The third-order valence-corrected chi connectivity index (χ3v) is 7.39. The number of nitrogens with one attached hydrogen (secondary N) is 2.